The summed E-state index contributed by atoms with van der Waals surface area (Å²) in [6, 6.07) is 14.1. The Morgan fingerprint density at radius 3 is 2.43 bits per heavy atom. The topological polar surface area (TPSA) is 111 Å². The van der Waals surface area contributed by atoms with Gasteiger partial charge in [-0.2, -0.15) is 10.2 Å². The van der Waals surface area contributed by atoms with Gasteiger partial charge < -0.3 is 10.5 Å². The molecule has 0 radical (unpaired) electrons. The smallest absolute Gasteiger partial charge is 0.280 e. The lowest BCUT2D eigenvalue weighted by molar-refractivity contribution is 0.146. The minimum Gasteiger partial charge on any atom is -0.471 e. The standard InChI is InChI=1S/C27H23F3N6O/c1-15-10-17(11-21(34-15)24(29)30)22-23(16-4-6-19(28)7-5-16)35-26(32)36-25(22)37-13-20-12-18(8-9-33-20)27(2,3)14-31/h4-12,24H,13H2,1-3H3,(H2,32,35,36). The third-order valence-corrected chi connectivity index (χ3v) is 5.67. The van der Waals surface area contributed by atoms with Crippen molar-refractivity contribution < 1.29 is 17.9 Å². The molecule has 0 unspecified atom stereocenters. The molecule has 0 saturated carbocycles. The van der Waals surface area contributed by atoms with E-state index in [2.05, 4.69) is 26.0 Å². The molecule has 7 nitrogen and oxygen atoms in total. The zero-order valence-electron chi connectivity index (χ0n) is 20.3. The molecule has 0 aliphatic rings. The molecule has 1 aromatic carbocycles. The molecule has 0 aliphatic carbocycles. The van der Waals surface area contributed by atoms with Gasteiger partial charge in [0.1, 0.15) is 18.1 Å². The van der Waals surface area contributed by atoms with Crippen molar-refractivity contribution in [3.8, 4) is 34.3 Å². The first-order valence-corrected chi connectivity index (χ1v) is 11.3. The molecule has 2 N–H and O–H groups in total. The van der Waals surface area contributed by atoms with E-state index in [0.29, 0.717) is 28.1 Å². The Kier molecular flexibility index (Phi) is 7.07. The number of ether oxygens (including phenoxy) is 1. The Bertz CT molecular complexity index is 1480. The normalized spacial score (nSPS) is 11.4. The van der Waals surface area contributed by atoms with Crippen LogP contribution in [0.25, 0.3) is 22.4 Å². The molecule has 0 aliphatic heterocycles. The maximum absolute atomic E-state index is 13.6. The van der Waals surface area contributed by atoms with Crippen LogP contribution < -0.4 is 10.5 Å². The van der Waals surface area contributed by atoms with Crippen LogP contribution in [0.1, 0.15) is 42.9 Å². The number of nitrogens with two attached hydrogens (primary N) is 1. The number of nitrogens with zero attached hydrogens (tertiary/aromatic N) is 5. The summed E-state index contributed by atoms with van der Waals surface area (Å²) >= 11 is 0. The Morgan fingerprint density at radius 1 is 1.03 bits per heavy atom. The van der Waals surface area contributed by atoms with Crippen molar-refractivity contribution in [3.05, 3.63) is 83.2 Å². The molecule has 10 heteroatoms. The molecule has 3 aromatic heterocycles. The SMILES string of the molecule is Cc1cc(-c2c(OCc3cc(C(C)(C)C#N)ccn3)nc(N)nc2-c2ccc(F)cc2)cc(C(F)F)n1. The number of nitrogen functional groups attached to an aromatic ring is 1. The van der Waals surface area contributed by atoms with Crippen LogP contribution in [-0.2, 0) is 12.0 Å². The highest BCUT2D eigenvalue weighted by molar-refractivity contribution is 5.85. The van der Waals surface area contributed by atoms with Crippen LogP contribution >= 0.6 is 0 Å². The fourth-order valence-electron chi connectivity index (χ4n) is 3.74. The van der Waals surface area contributed by atoms with Crippen LogP contribution in [0.3, 0.4) is 0 Å². The van der Waals surface area contributed by atoms with E-state index in [1.807, 2.05) is 0 Å². The lowest BCUT2D eigenvalue weighted by Crippen LogP contribution is -2.15. The molecule has 4 rings (SSSR count). The molecule has 188 valence electrons. The van der Waals surface area contributed by atoms with Gasteiger partial charge in [0, 0.05) is 17.5 Å². The minimum absolute atomic E-state index is 0.0318. The number of pyridine rings is 2. The molecule has 0 bridgehead atoms. The van der Waals surface area contributed by atoms with E-state index in [1.165, 1.54) is 30.3 Å². The number of rotatable bonds is 7. The van der Waals surface area contributed by atoms with E-state index in [1.54, 1.807) is 45.2 Å². The fourth-order valence-corrected chi connectivity index (χ4v) is 3.74. The van der Waals surface area contributed by atoms with Crippen LogP contribution in [0.4, 0.5) is 19.1 Å². The molecular weight excluding hydrogens is 481 g/mol. The van der Waals surface area contributed by atoms with Crippen molar-refractivity contribution in [3.63, 3.8) is 0 Å². The number of alkyl halides is 2. The van der Waals surface area contributed by atoms with Gasteiger partial charge in [0.25, 0.3) is 6.43 Å². The van der Waals surface area contributed by atoms with Crippen LogP contribution in [-0.4, -0.2) is 19.9 Å². The van der Waals surface area contributed by atoms with Gasteiger partial charge in [-0.15, -0.1) is 0 Å². The predicted molar refractivity (Wildman–Crippen MR) is 132 cm³/mol. The van der Waals surface area contributed by atoms with Gasteiger partial charge in [0.2, 0.25) is 11.8 Å². The molecule has 3 heterocycles. The van der Waals surface area contributed by atoms with Gasteiger partial charge >= 0.3 is 0 Å². The number of hydrogen-bond donors (Lipinski definition) is 1. The first kappa shape index (κ1) is 25.6. The summed E-state index contributed by atoms with van der Waals surface area (Å²) in [5.74, 6) is -0.538. The molecule has 0 amide bonds. The Labute approximate surface area is 211 Å². The number of aromatic nitrogens is 4. The average molecular weight is 505 g/mol. The highest BCUT2D eigenvalue weighted by Crippen LogP contribution is 2.39. The zero-order valence-corrected chi connectivity index (χ0v) is 20.3. The van der Waals surface area contributed by atoms with Gasteiger partial charge in [-0.1, -0.05) is 0 Å². The zero-order chi connectivity index (χ0) is 26.7. The van der Waals surface area contributed by atoms with E-state index in [4.69, 9.17) is 10.5 Å². The number of halogens is 3. The number of aryl methyl sites for hydroxylation is 1. The first-order valence-electron chi connectivity index (χ1n) is 11.3. The van der Waals surface area contributed by atoms with E-state index < -0.39 is 23.4 Å². The largest absolute Gasteiger partial charge is 0.471 e. The lowest BCUT2D eigenvalue weighted by atomic mass is 9.87. The number of anilines is 1. The predicted octanol–water partition coefficient (Wildman–Crippen LogP) is 5.95. The van der Waals surface area contributed by atoms with Gasteiger partial charge in [-0.05, 0) is 80.4 Å². The number of hydrogen-bond acceptors (Lipinski definition) is 7. The lowest BCUT2D eigenvalue weighted by Gasteiger charge is -2.18. The number of benzene rings is 1. The second kappa shape index (κ2) is 10.2. The molecule has 37 heavy (non-hydrogen) atoms. The Morgan fingerprint density at radius 2 is 1.76 bits per heavy atom. The molecule has 0 spiro atoms. The van der Waals surface area contributed by atoms with Crippen molar-refractivity contribution in [2.24, 2.45) is 0 Å². The van der Waals surface area contributed by atoms with Crippen LogP contribution in [0.2, 0.25) is 0 Å². The van der Waals surface area contributed by atoms with Crippen LogP contribution in [0, 0.1) is 24.1 Å². The number of nitriles is 1. The monoisotopic (exact) mass is 504 g/mol. The van der Waals surface area contributed by atoms with Gasteiger partial charge in [-0.25, -0.2) is 18.2 Å². The van der Waals surface area contributed by atoms with Crippen molar-refractivity contribution >= 4 is 5.95 Å². The van der Waals surface area contributed by atoms with Crippen molar-refractivity contribution in [1.82, 2.24) is 19.9 Å². The summed E-state index contributed by atoms with van der Waals surface area (Å²) in [5.41, 5.74) is 7.85. The van der Waals surface area contributed by atoms with E-state index in [-0.39, 0.29) is 24.1 Å². The molecule has 4 aromatic rings. The van der Waals surface area contributed by atoms with E-state index >= 15 is 0 Å². The molecule has 0 saturated heterocycles. The van der Waals surface area contributed by atoms with Crippen LogP contribution in [0.5, 0.6) is 5.88 Å². The third kappa shape index (κ3) is 5.67. The maximum Gasteiger partial charge on any atom is 0.280 e. The average Bonchev–Trinajstić information content (AvgIpc) is 2.87. The van der Waals surface area contributed by atoms with Gasteiger partial charge in [0.15, 0.2) is 0 Å². The fraction of sp³-hybridized carbons (Fsp3) is 0.222. The second-order valence-corrected chi connectivity index (χ2v) is 8.90. The highest BCUT2D eigenvalue weighted by Gasteiger charge is 2.23. The molecule has 0 fully saturated rings. The highest BCUT2D eigenvalue weighted by atomic mass is 19.3. The third-order valence-electron chi connectivity index (χ3n) is 5.67. The summed E-state index contributed by atoms with van der Waals surface area (Å²) in [4.78, 5) is 16.8. The Balaban J connectivity index is 1.85. The summed E-state index contributed by atoms with van der Waals surface area (Å²) in [6.45, 7) is 5.13. The van der Waals surface area contributed by atoms with Crippen molar-refractivity contribution in [2.75, 3.05) is 5.73 Å². The van der Waals surface area contributed by atoms with Gasteiger partial charge in [0.05, 0.1) is 28.4 Å². The summed E-state index contributed by atoms with van der Waals surface area (Å²) in [6.07, 6.45) is -1.23. The molecule has 0 atom stereocenters. The van der Waals surface area contributed by atoms with E-state index in [0.717, 1.165) is 5.56 Å². The minimum atomic E-state index is -2.80. The van der Waals surface area contributed by atoms with Crippen molar-refractivity contribution in [2.45, 2.75) is 39.2 Å². The molecular formula is C27H23F3N6O. The Hall–Kier alpha value is -4.52. The van der Waals surface area contributed by atoms with Crippen LogP contribution in [0.15, 0.2) is 54.7 Å². The van der Waals surface area contributed by atoms with Crippen molar-refractivity contribution in [1.29, 1.82) is 5.26 Å². The van der Waals surface area contributed by atoms with E-state index in [9.17, 15) is 18.4 Å². The summed E-state index contributed by atoms with van der Waals surface area (Å²) < 4.78 is 46.8. The summed E-state index contributed by atoms with van der Waals surface area (Å²) in [7, 11) is 0. The summed E-state index contributed by atoms with van der Waals surface area (Å²) in [5, 5.41) is 9.46. The quantitative estimate of drug-likeness (QED) is 0.331. The second-order valence-electron chi connectivity index (χ2n) is 8.90. The maximum atomic E-state index is 13.6. The van der Waals surface area contributed by atoms with Gasteiger partial charge in [-0.3, -0.25) is 9.97 Å². The first-order chi connectivity index (χ1) is 17.6.